The molecule has 0 saturated heterocycles. The smallest absolute Gasteiger partial charge is 0.197 e. The number of fused-ring (bicyclic) bond motifs is 2. The summed E-state index contributed by atoms with van der Waals surface area (Å²) in [6.45, 7) is 0. The summed E-state index contributed by atoms with van der Waals surface area (Å²) in [5.74, 6) is 0.0624. The minimum Gasteiger partial charge on any atom is -0.323 e. The molecule has 0 aliphatic rings. The molecule has 0 amide bonds. The van der Waals surface area contributed by atoms with Crippen LogP contribution in [0, 0.1) is 0 Å². The topological polar surface area (TPSA) is 25.9 Å². The lowest BCUT2D eigenvalue weighted by molar-refractivity contribution is 0.104. The van der Waals surface area contributed by atoms with Gasteiger partial charge in [-0.2, -0.15) is 0 Å². The zero-order valence-electron chi connectivity index (χ0n) is 10.7. The molecule has 0 spiro atoms. The molecule has 96 valence electrons. The molecule has 0 aliphatic carbocycles. The average Bonchev–Trinajstić information content (AvgIpc) is 3.11. The molecule has 4 aromatic heterocycles. The summed E-state index contributed by atoms with van der Waals surface area (Å²) in [4.78, 5) is 12.8. The lowest BCUT2D eigenvalue weighted by atomic mass is 10.1. The number of hydrogen-bond acceptors (Lipinski definition) is 1. The summed E-state index contributed by atoms with van der Waals surface area (Å²) in [5.41, 5.74) is 3.35. The van der Waals surface area contributed by atoms with E-state index in [0.717, 1.165) is 22.2 Å². The van der Waals surface area contributed by atoms with Crippen molar-refractivity contribution in [1.29, 1.82) is 0 Å². The van der Waals surface area contributed by atoms with Crippen LogP contribution in [0.25, 0.3) is 11.0 Å². The maximum Gasteiger partial charge on any atom is 0.197 e. The first kappa shape index (κ1) is 11.1. The van der Waals surface area contributed by atoms with E-state index in [2.05, 4.69) is 0 Å². The van der Waals surface area contributed by atoms with Crippen LogP contribution in [-0.2, 0) is 0 Å². The Bertz CT molecular complexity index is 854. The van der Waals surface area contributed by atoms with Gasteiger partial charge in [0, 0.05) is 35.9 Å². The summed E-state index contributed by atoms with van der Waals surface area (Å²) < 4.78 is 3.93. The fraction of sp³-hybridized carbons (Fsp3) is 0. The second-order valence-corrected chi connectivity index (χ2v) is 4.77. The molecule has 4 aromatic rings. The molecule has 20 heavy (non-hydrogen) atoms. The second-order valence-electron chi connectivity index (χ2n) is 4.77. The Balaban J connectivity index is 1.92. The highest BCUT2D eigenvalue weighted by atomic mass is 16.1. The van der Waals surface area contributed by atoms with Gasteiger partial charge in [0.05, 0.1) is 11.0 Å². The van der Waals surface area contributed by atoms with Crippen LogP contribution in [0.3, 0.4) is 0 Å². The van der Waals surface area contributed by atoms with Gasteiger partial charge in [-0.05, 0) is 36.4 Å². The van der Waals surface area contributed by atoms with Gasteiger partial charge >= 0.3 is 0 Å². The fourth-order valence-electron chi connectivity index (χ4n) is 2.64. The normalized spacial score (nSPS) is 11.2. The highest BCUT2D eigenvalue weighted by molar-refractivity contribution is 6.16. The van der Waals surface area contributed by atoms with Gasteiger partial charge in [0.1, 0.15) is 0 Å². The standard InChI is InChI=1S/C17H12N2O/c20-17(13-7-11-18-9-3-1-5-15(13)18)14-8-12-19-10-4-2-6-16(14)19/h1-12H. The number of hydrogen-bond donors (Lipinski definition) is 0. The fourth-order valence-corrected chi connectivity index (χ4v) is 2.64. The molecule has 0 saturated carbocycles. The maximum atomic E-state index is 12.8. The first-order chi connectivity index (χ1) is 9.84. The van der Waals surface area contributed by atoms with Crippen LogP contribution >= 0.6 is 0 Å². The van der Waals surface area contributed by atoms with E-state index in [1.54, 1.807) is 0 Å². The first-order valence-corrected chi connectivity index (χ1v) is 6.51. The number of aromatic nitrogens is 2. The number of pyridine rings is 2. The van der Waals surface area contributed by atoms with Gasteiger partial charge in [-0.3, -0.25) is 4.79 Å². The summed E-state index contributed by atoms with van der Waals surface area (Å²) in [6.07, 6.45) is 7.73. The third-order valence-electron chi connectivity index (χ3n) is 3.62. The van der Waals surface area contributed by atoms with Gasteiger partial charge in [-0.25, -0.2) is 0 Å². The molecule has 0 atom stereocenters. The molecule has 0 radical (unpaired) electrons. The Morgan fingerprint density at radius 1 is 0.650 bits per heavy atom. The molecule has 4 heterocycles. The third-order valence-corrected chi connectivity index (χ3v) is 3.62. The Morgan fingerprint density at radius 2 is 1.15 bits per heavy atom. The van der Waals surface area contributed by atoms with Crippen molar-refractivity contribution in [2.75, 3.05) is 0 Å². The predicted octanol–water partition coefficient (Wildman–Crippen LogP) is 3.42. The van der Waals surface area contributed by atoms with Crippen molar-refractivity contribution in [3.05, 3.63) is 84.4 Å². The van der Waals surface area contributed by atoms with Crippen LogP contribution in [0.5, 0.6) is 0 Å². The van der Waals surface area contributed by atoms with Crippen LogP contribution in [0.2, 0.25) is 0 Å². The van der Waals surface area contributed by atoms with E-state index >= 15 is 0 Å². The quantitative estimate of drug-likeness (QED) is 0.507. The Hall–Kier alpha value is -2.81. The van der Waals surface area contributed by atoms with Crippen molar-refractivity contribution in [3.8, 4) is 0 Å². The first-order valence-electron chi connectivity index (χ1n) is 6.51. The highest BCUT2D eigenvalue weighted by Crippen LogP contribution is 2.21. The average molecular weight is 260 g/mol. The Kier molecular flexibility index (Phi) is 2.27. The van der Waals surface area contributed by atoms with Crippen LogP contribution in [0.4, 0.5) is 0 Å². The van der Waals surface area contributed by atoms with Crippen molar-refractivity contribution < 1.29 is 4.79 Å². The molecular formula is C17H12N2O. The van der Waals surface area contributed by atoms with E-state index in [0.29, 0.717) is 0 Å². The van der Waals surface area contributed by atoms with Crippen molar-refractivity contribution >= 4 is 16.8 Å². The van der Waals surface area contributed by atoms with E-state index in [4.69, 9.17) is 0 Å². The van der Waals surface area contributed by atoms with E-state index in [-0.39, 0.29) is 5.78 Å². The lowest BCUT2D eigenvalue weighted by Crippen LogP contribution is -2.00. The number of nitrogens with zero attached hydrogens (tertiary/aromatic N) is 2. The lowest BCUT2D eigenvalue weighted by Gasteiger charge is -2.00. The van der Waals surface area contributed by atoms with Gasteiger partial charge in [-0.15, -0.1) is 0 Å². The van der Waals surface area contributed by atoms with E-state index in [9.17, 15) is 4.79 Å². The largest absolute Gasteiger partial charge is 0.323 e. The predicted molar refractivity (Wildman–Crippen MR) is 78.2 cm³/mol. The second kappa shape index (κ2) is 4.10. The van der Waals surface area contributed by atoms with Crippen LogP contribution < -0.4 is 0 Å². The van der Waals surface area contributed by atoms with Gasteiger partial charge in [0.2, 0.25) is 0 Å². The number of carbonyl (C=O) groups excluding carboxylic acids is 1. The molecule has 0 N–H and O–H groups in total. The zero-order valence-corrected chi connectivity index (χ0v) is 10.7. The minimum atomic E-state index is 0.0624. The molecule has 0 fully saturated rings. The summed E-state index contributed by atoms with van der Waals surface area (Å²) >= 11 is 0. The van der Waals surface area contributed by atoms with E-state index in [1.165, 1.54) is 0 Å². The van der Waals surface area contributed by atoms with Gasteiger partial charge in [-0.1, -0.05) is 12.1 Å². The molecule has 4 rings (SSSR count). The van der Waals surface area contributed by atoms with Crippen LogP contribution in [-0.4, -0.2) is 14.6 Å². The monoisotopic (exact) mass is 260 g/mol. The molecular weight excluding hydrogens is 248 g/mol. The Morgan fingerprint density at radius 3 is 1.65 bits per heavy atom. The molecule has 0 aromatic carbocycles. The van der Waals surface area contributed by atoms with Crippen LogP contribution in [0.1, 0.15) is 15.9 Å². The van der Waals surface area contributed by atoms with E-state index in [1.807, 2.05) is 82.1 Å². The summed E-state index contributed by atoms with van der Waals surface area (Å²) in [6, 6.07) is 15.5. The maximum absolute atomic E-state index is 12.8. The minimum absolute atomic E-state index is 0.0624. The summed E-state index contributed by atoms with van der Waals surface area (Å²) in [7, 11) is 0. The third kappa shape index (κ3) is 1.50. The van der Waals surface area contributed by atoms with Gasteiger partial charge in [0.25, 0.3) is 0 Å². The van der Waals surface area contributed by atoms with Crippen molar-refractivity contribution in [1.82, 2.24) is 8.80 Å². The number of ketones is 1. The number of rotatable bonds is 2. The van der Waals surface area contributed by atoms with Crippen molar-refractivity contribution in [2.45, 2.75) is 0 Å². The molecule has 0 aliphatic heterocycles. The van der Waals surface area contributed by atoms with Gasteiger partial charge in [0.15, 0.2) is 5.78 Å². The molecule has 3 heteroatoms. The Labute approximate surface area is 115 Å². The zero-order chi connectivity index (χ0) is 13.5. The SMILES string of the molecule is O=C(c1ccn2ccccc12)c1ccn2ccccc12. The molecule has 0 unspecified atom stereocenters. The van der Waals surface area contributed by atoms with E-state index < -0.39 is 0 Å². The highest BCUT2D eigenvalue weighted by Gasteiger charge is 2.16. The van der Waals surface area contributed by atoms with Crippen molar-refractivity contribution in [3.63, 3.8) is 0 Å². The number of carbonyl (C=O) groups is 1. The van der Waals surface area contributed by atoms with Gasteiger partial charge < -0.3 is 8.80 Å². The summed E-state index contributed by atoms with van der Waals surface area (Å²) in [5, 5.41) is 0. The molecule has 3 nitrogen and oxygen atoms in total. The van der Waals surface area contributed by atoms with Crippen molar-refractivity contribution in [2.24, 2.45) is 0 Å². The van der Waals surface area contributed by atoms with Crippen LogP contribution in [0.15, 0.2) is 73.3 Å². The molecule has 0 bridgehead atoms.